The van der Waals surface area contributed by atoms with Gasteiger partial charge >= 0.3 is 0 Å². The van der Waals surface area contributed by atoms with Crippen LogP contribution in [0.5, 0.6) is 0 Å². The van der Waals surface area contributed by atoms with Gasteiger partial charge in [0.05, 0.1) is 61.8 Å². The van der Waals surface area contributed by atoms with Gasteiger partial charge in [-0.1, -0.05) is 267 Å². The van der Waals surface area contributed by atoms with Gasteiger partial charge in [0.15, 0.2) is 34.9 Å². The maximum absolute atomic E-state index is 5.75. The molecule has 0 radical (unpaired) electrons. The van der Waals surface area contributed by atoms with Crippen LogP contribution in [0.25, 0.3) is 179 Å². The zero-order valence-corrected chi connectivity index (χ0v) is 52.8. The lowest BCUT2D eigenvalue weighted by Crippen LogP contribution is -2.10. The van der Waals surface area contributed by atoms with Crippen molar-refractivity contribution < 1.29 is 0 Å². The molecule has 0 saturated carbocycles. The van der Waals surface area contributed by atoms with Crippen molar-refractivity contribution in [2.75, 3.05) is 0 Å². The Morgan fingerprint density at radius 1 is 0.184 bits per heavy atom. The molecule has 0 fully saturated rings. The minimum atomic E-state index is 0.430. The van der Waals surface area contributed by atoms with Gasteiger partial charge in [0.25, 0.3) is 0 Å². The summed E-state index contributed by atoms with van der Waals surface area (Å²) in [5, 5.41) is 4.16. The lowest BCUT2D eigenvalue weighted by atomic mass is 10.0. The van der Waals surface area contributed by atoms with Crippen LogP contribution < -0.4 is 0 Å². The SMILES string of the molecule is c1ccc(-c2ccc3c(c2)c2ccc(-c4cccc(-c5ccccc5)n4)cc2n3-c2c(-c3nc(-c4ccccc4)nc(-c4ccccc4)n3)ccc(-n3c4ccccc4c4cc(-c5cccc(-c6ccccc6)n5)ccc43)c2-c2nc(-c3ccccc3)nc(-c3ccccc3)n2)cc1. The van der Waals surface area contributed by atoms with E-state index in [0.717, 1.165) is 133 Å². The minimum Gasteiger partial charge on any atom is -0.308 e. The molecule has 98 heavy (non-hydrogen) atoms. The summed E-state index contributed by atoms with van der Waals surface area (Å²) >= 11 is 0. The molecule has 6 heterocycles. The van der Waals surface area contributed by atoms with Gasteiger partial charge in [0.1, 0.15) is 0 Å². The van der Waals surface area contributed by atoms with Gasteiger partial charge in [-0.3, -0.25) is 0 Å². The Bertz CT molecular complexity index is 5910. The van der Waals surface area contributed by atoms with E-state index in [1.165, 1.54) is 0 Å². The Morgan fingerprint density at radius 3 is 1.04 bits per heavy atom. The molecule has 0 aliphatic carbocycles. The average Bonchev–Trinajstić information content (AvgIpc) is 1.54. The van der Waals surface area contributed by atoms with Gasteiger partial charge in [0.2, 0.25) is 0 Å². The molecule has 10 nitrogen and oxygen atoms in total. The molecule has 10 heteroatoms. The maximum atomic E-state index is 5.75. The number of hydrogen-bond donors (Lipinski definition) is 0. The summed E-state index contributed by atoms with van der Waals surface area (Å²) in [6.45, 7) is 0. The Kier molecular flexibility index (Phi) is 14.3. The molecular formula is C88H56N10. The van der Waals surface area contributed by atoms with E-state index in [0.29, 0.717) is 46.1 Å². The highest BCUT2D eigenvalue weighted by atomic mass is 15.1. The summed E-state index contributed by atoms with van der Waals surface area (Å²) in [6, 6.07) is 118. The molecule has 0 saturated heterocycles. The fourth-order valence-corrected chi connectivity index (χ4v) is 13.6. The Labute approximate surface area is 564 Å². The maximum Gasteiger partial charge on any atom is 0.168 e. The van der Waals surface area contributed by atoms with Crippen molar-refractivity contribution in [3.63, 3.8) is 0 Å². The molecule has 0 spiro atoms. The minimum absolute atomic E-state index is 0.430. The first-order chi connectivity index (χ1) is 48.6. The highest BCUT2D eigenvalue weighted by Crippen LogP contribution is 2.47. The first-order valence-corrected chi connectivity index (χ1v) is 32.7. The van der Waals surface area contributed by atoms with Crippen LogP contribution in [-0.4, -0.2) is 49.0 Å². The number of fused-ring (bicyclic) bond motifs is 6. The van der Waals surface area contributed by atoms with Crippen LogP contribution in [0.1, 0.15) is 0 Å². The molecule has 0 atom stereocenters. The van der Waals surface area contributed by atoms with Gasteiger partial charge < -0.3 is 9.13 Å². The van der Waals surface area contributed by atoms with E-state index in [2.05, 4.69) is 240 Å². The fraction of sp³-hybridized carbons (Fsp3) is 0. The summed E-state index contributed by atoms with van der Waals surface area (Å²) in [4.78, 5) is 44.0. The molecule has 0 unspecified atom stereocenters. The van der Waals surface area contributed by atoms with Gasteiger partial charge in [-0.25, -0.2) is 39.9 Å². The van der Waals surface area contributed by atoms with Gasteiger partial charge in [0, 0.05) is 71.6 Å². The van der Waals surface area contributed by atoms with Crippen LogP contribution in [0.2, 0.25) is 0 Å². The van der Waals surface area contributed by atoms with E-state index >= 15 is 0 Å². The standard InChI is InChI=1S/C88H56N10/c1-8-26-57(27-9-1)64-47-51-78-70(54-64)68-49-46-66(75-44-25-42-73(90-75)59-30-12-3-13-31-59)56-80(68)98(78)82-69(87-93-83(60-32-14-4-15-33-60)91-84(94-87)61-34-16-5-17-35-61)50-53-79(81(82)88-95-85(62-36-18-6-19-37-62)92-86(96-88)63-38-20-7-21-39-63)97-76-45-23-22-40-67(76)71-55-65(48-52-77(71)97)74-43-24-41-72(89-74)58-28-10-2-11-29-58/h1-56H. The predicted molar refractivity (Wildman–Crippen MR) is 397 cm³/mol. The summed E-state index contributed by atoms with van der Waals surface area (Å²) in [7, 11) is 0. The Balaban J connectivity index is 1.01. The average molecular weight is 1250 g/mol. The van der Waals surface area contributed by atoms with E-state index < -0.39 is 0 Å². The van der Waals surface area contributed by atoms with E-state index in [9.17, 15) is 0 Å². The van der Waals surface area contributed by atoms with Crippen molar-refractivity contribution >= 4 is 43.6 Å². The summed E-state index contributed by atoms with van der Waals surface area (Å²) in [6.07, 6.45) is 0. The van der Waals surface area contributed by atoms with E-state index in [4.69, 9.17) is 39.9 Å². The number of nitrogens with zero attached hydrogens (tertiary/aromatic N) is 10. The van der Waals surface area contributed by atoms with Crippen molar-refractivity contribution in [1.82, 2.24) is 49.0 Å². The second kappa shape index (κ2) is 24.5. The number of para-hydroxylation sites is 1. The summed E-state index contributed by atoms with van der Waals surface area (Å²) < 4.78 is 4.78. The van der Waals surface area contributed by atoms with Crippen LogP contribution in [0.4, 0.5) is 0 Å². The molecule has 18 aromatic rings. The second-order valence-electron chi connectivity index (χ2n) is 24.2. The predicted octanol–water partition coefficient (Wildman–Crippen LogP) is 21.4. The summed E-state index contributed by atoms with van der Waals surface area (Å²) in [5.41, 5.74) is 19.7. The topological polar surface area (TPSA) is 113 Å². The zero-order chi connectivity index (χ0) is 64.9. The van der Waals surface area contributed by atoms with Crippen LogP contribution in [0, 0.1) is 0 Å². The van der Waals surface area contributed by atoms with Crippen LogP contribution in [0.3, 0.4) is 0 Å². The molecular weight excluding hydrogens is 1200 g/mol. The highest BCUT2D eigenvalue weighted by molar-refractivity contribution is 6.14. The van der Waals surface area contributed by atoms with Crippen LogP contribution >= 0.6 is 0 Å². The number of aromatic nitrogens is 10. The first kappa shape index (κ1) is 57.2. The normalized spacial score (nSPS) is 11.5. The molecule has 12 aromatic carbocycles. The van der Waals surface area contributed by atoms with Crippen LogP contribution in [-0.2, 0) is 0 Å². The molecule has 0 amide bonds. The number of hydrogen-bond acceptors (Lipinski definition) is 8. The Hall–Kier alpha value is -13.4. The Morgan fingerprint density at radius 2 is 0.541 bits per heavy atom. The summed E-state index contributed by atoms with van der Waals surface area (Å²) in [5.74, 6) is 2.93. The van der Waals surface area contributed by atoms with Gasteiger partial charge in [-0.05, 0) is 83.9 Å². The van der Waals surface area contributed by atoms with Gasteiger partial charge in [-0.15, -0.1) is 0 Å². The number of rotatable bonds is 13. The van der Waals surface area contributed by atoms with Crippen molar-refractivity contribution in [2.45, 2.75) is 0 Å². The van der Waals surface area contributed by atoms with Crippen molar-refractivity contribution in [1.29, 1.82) is 0 Å². The largest absolute Gasteiger partial charge is 0.308 e. The smallest absolute Gasteiger partial charge is 0.168 e. The third kappa shape index (κ3) is 10.4. The quantitative estimate of drug-likeness (QED) is 0.112. The molecule has 0 N–H and O–H groups in total. The van der Waals surface area contributed by atoms with E-state index in [1.807, 2.05) is 109 Å². The van der Waals surface area contributed by atoms with E-state index in [-0.39, 0.29) is 0 Å². The van der Waals surface area contributed by atoms with Crippen molar-refractivity contribution in [3.05, 3.63) is 340 Å². The molecule has 0 bridgehead atoms. The van der Waals surface area contributed by atoms with Crippen LogP contribution in [0.15, 0.2) is 340 Å². The monoisotopic (exact) mass is 1250 g/mol. The third-order valence-electron chi connectivity index (χ3n) is 18.3. The molecule has 18 rings (SSSR count). The zero-order valence-electron chi connectivity index (χ0n) is 52.8. The number of benzene rings is 12. The lowest BCUT2D eigenvalue weighted by molar-refractivity contribution is 1.04. The number of pyridine rings is 2. The van der Waals surface area contributed by atoms with Crippen molar-refractivity contribution in [2.24, 2.45) is 0 Å². The van der Waals surface area contributed by atoms with E-state index in [1.54, 1.807) is 0 Å². The molecule has 458 valence electrons. The lowest BCUT2D eigenvalue weighted by Gasteiger charge is -2.23. The third-order valence-corrected chi connectivity index (χ3v) is 18.3. The first-order valence-electron chi connectivity index (χ1n) is 32.7. The molecule has 0 aliphatic rings. The van der Waals surface area contributed by atoms with Crippen molar-refractivity contribution in [3.8, 4) is 136 Å². The molecule has 6 aromatic heterocycles. The molecule has 0 aliphatic heterocycles. The second-order valence-corrected chi connectivity index (χ2v) is 24.2. The highest BCUT2D eigenvalue weighted by Gasteiger charge is 2.30. The van der Waals surface area contributed by atoms with Gasteiger partial charge in [-0.2, -0.15) is 0 Å². The fourth-order valence-electron chi connectivity index (χ4n) is 13.6.